The van der Waals surface area contributed by atoms with Crippen molar-refractivity contribution in [2.45, 2.75) is 51.6 Å². The first-order valence-electron chi connectivity index (χ1n) is 7.24. The maximum absolute atomic E-state index is 6.21. The lowest BCUT2D eigenvalue weighted by atomic mass is 9.67. The van der Waals surface area contributed by atoms with Crippen molar-refractivity contribution in [1.82, 2.24) is 20.0 Å². The molecule has 1 atom stereocenters. The van der Waals surface area contributed by atoms with Gasteiger partial charge in [-0.2, -0.15) is 5.10 Å². The molecule has 1 aromatic rings. The number of hydrogen-bond donors (Lipinski definition) is 1. The lowest BCUT2D eigenvalue weighted by Crippen LogP contribution is -2.30. The Labute approximate surface area is 118 Å². The van der Waals surface area contributed by atoms with Crippen LogP contribution < -0.4 is 5.32 Å². The van der Waals surface area contributed by atoms with Crippen LogP contribution in [0.2, 0.25) is 5.31 Å². The largest absolute Gasteiger partial charge is 0.311 e. The summed E-state index contributed by atoms with van der Waals surface area (Å²) in [6, 6.07) is 2.20. The Morgan fingerprint density at radius 3 is 3.00 bits per heavy atom. The third kappa shape index (κ3) is 4.08. The fourth-order valence-corrected chi connectivity index (χ4v) is 2.68. The fraction of sp³-hybridized carbons (Fsp3) is 0.786. The van der Waals surface area contributed by atoms with Gasteiger partial charge in [-0.3, -0.25) is 9.58 Å². The second-order valence-corrected chi connectivity index (χ2v) is 6.10. The summed E-state index contributed by atoms with van der Waals surface area (Å²) in [5.41, 5.74) is 2.44. The summed E-state index contributed by atoms with van der Waals surface area (Å²) in [6.07, 6.45) is 2.17. The highest BCUT2D eigenvalue weighted by atomic mass is 15.3. The molecular formula is C14H25BN4. The molecule has 5 heteroatoms. The van der Waals surface area contributed by atoms with Crippen molar-refractivity contribution >= 4 is 7.85 Å². The minimum Gasteiger partial charge on any atom is -0.311 e. The van der Waals surface area contributed by atoms with Crippen molar-refractivity contribution in [3.63, 3.8) is 0 Å². The molecule has 0 bridgehead atoms. The van der Waals surface area contributed by atoms with Gasteiger partial charge in [0.2, 0.25) is 0 Å². The van der Waals surface area contributed by atoms with E-state index in [9.17, 15) is 0 Å². The van der Waals surface area contributed by atoms with E-state index in [0.717, 1.165) is 51.3 Å². The Kier molecular flexibility index (Phi) is 4.69. The molecular weight excluding hydrogens is 235 g/mol. The predicted molar refractivity (Wildman–Crippen MR) is 79.3 cm³/mol. The first kappa shape index (κ1) is 14.6. The average molecular weight is 260 g/mol. The van der Waals surface area contributed by atoms with Gasteiger partial charge in [-0.15, -0.1) is 0 Å². The Hall–Kier alpha value is -0.805. The molecule has 0 saturated carbocycles. The molecule has 0 aliphatic carbocycles. The minimum atomic E-state index is -0.117. The molecule has 0 aromatic carbocycles. The van der Waals surface area contributed by atoms with Crippen LogP contribution in [-0.4, -0.2) is 42.7 Å². The molecule has 0 spiro atoms. The SMILES string of the molecule is [B]C(C)(CCC)CNCc1cc2n(n1)CCN(C)C2. The molecule has 2 heterocycles. The number of likely N-dealkylation sites (N-methyl/N-ethyl adjacent to an activating group) is 1. The van der Waals surface area contributed by atoms with E-state index in [1.807, 2.05) is 0 Å². The maximum Gasteiger partial charge on any atom is 0.0765 e. The first-order valence-corrected chi connectivity index (χ1v) is 7.24. The van der Waals surface area contributed by atoms with Gasteiger partial charge < -0.3 is 5.32 Å². The van der Waals surface area contributed by atoms with Crippen LogP contribution in [0.5, 0.6) is 0 Å². The van der Waals surface area contributed by atoms with Gasteiger partial charge in [-0.25, -0.2) is 0 Å². The van der Waals surface area contributed by atoms with Crippen LogP contribution in [0.15, 0.2) is 6.07 Å². The van der Waals surface area contributed by atoms with Gasteiger partial charge in [-0.1, -0.05) is 32.0 Å². The molecule has 0 amide bonds. The zero-order valence-electron chi connectivity index (χ0n) is 12.4. The topological polar surface area (TPSA) is 33.1 Å². The molecule has 1 unspecified atom stereocenters. The van der Waals surface area contributed by atoms with Crippen LogP contribution in [0.1, 0.15) is 38.1 Å². The summed E-state index contributed by atoms with van der Waals surface area (Å²) in [7, 11) is 8.36. The van der Waals surface area contributed by atoms with Crippen LogP contribution in [0, 0.1) is 0 Å². The van der Waals surface area contributed by atoms with Gasteiger partial charge in [0.15, 0.2) is 0 Å². The van der Waals surface area contributed by atoms with Crippen molar-refractivity contribution in [3.8, 4) is 0 Å². The van der Waals surface area contributed by atoms with E-state index in [0.29, 0.717) is 0 Å². The molecule has 19 heavy (non-hydrogen) atoms. The summed E-state index contributed by atoms with van der Waals surface area (Å²) < 4.78 is 2.13. The summed E-state index contributed by atoms with van der Waals surface area (Å²) in [6.45, 7) is 9.00. The van der Waals surface area contributed by atoms with E-state index in [1.54, 1.807) is 0 Å². The van der Waals surface area contributed by atoms with Crippen molar-refractivity contribution in [3.05, 3.63) is 17.5 Å². The Bertz CT molecular complexity index is 414. The molecule has 4 nitrogen and oxygen atoms in total. The molecule has 2 rings (SSSR count). The normalized spacial score (nSPS) is 19.1. The van der Waals surface area contributed by atoms with Crippen molar-refractivity contribution in [2.24, 2.45) is 0 Å². The number of nitrogens with zero attached hydrogens (tertiary/aromatic N) is 3. The maximum atomic E-state index is 6.21. The quantitative estimate of drug-likeness (QED) is 0.788. The molecule has 0 saturated heterocycles. The van der Waals surface area contributed by atoms with Crippen LogP contribution in [0.3, 0.4) is 0 Å². The Balaban J connectivity index is 1.84. The monoisotopic (exact) mass is 260 g/mol. The second kappa shape index (κ2) is 6.10. The molecule has 0 fully saturated rings. The highest BCUT2D eigenvalue weighted by Gasteiger charge is 2.17. The molecule has 2 radical (unpaired) electrons. The molecule has 1 N–H and O–H groups in total. The van der Waals surface area contributed by atoms with Crippen LogP contribution >= 0.6 is 0 Å². The summed E-state index contributed by atoms with van der Waals surface area (Å²) in [5, 5.41) is 7.95. The zero-order chi connectivity index (χ0) is 13.9. The van der Waals surface area contributed by atoms with E-state index in [4.69, 9.17) is 7.85 Å². The van der Waals surface area contributed by atoms with Gasteiger partial charge >= 0.3 is 0 Å². The fourth-order valence-electron chi connectivity index (χ4n) is 2.68. The van der Waals surface area contributed by atoms with Crippen molar-refractivity contribution < 1.29 is 0 Å². The number of nitrogens with one attached hydrogen (secondary N) is 1. The smallest absolute Gasteiger partial charge is 0.0765 e. The van der Waals surface area contributed by atoms with E-state index in [1.165, 1.54) is 5.69 Å². The predicted octanol–water partition coefficient (Wildman–Crippen LogP) is 1.57. The number of rotatable bonds is 6. The Morgan fingerprint density at radius 2 is 2.26 bits per heavy atom. The second-order valence-electron chi connectivity index (χ2n) is 6.10. The van der Waals surface area contributed by atoms with Gasteiger partial charge in [0.1, 0.15) is 0 Å². The van der Waals surface area contributed by atoms with Crippen molar-refractivity contribution in [1.29, 1.82) is 0 Å². The number of fused-ring (bicyclic) bond motifs is 1. The lowest BCUT2D eigenvalue weighted by molar-refractivity contribution is 0.258. The molecule has 1 aromatic heterocycles. The van der Waals surface area contributed by atoms with Gasteiger partial charge in [0.05, 0.1) is 25.8 Å². The zero-order valence-corrected chi connectivity index (χ0v) is 12.4. The van der Waals surface area contributed by atoms with Crippen molar-refractivity contribution in [2.75, 3.05) is 20.1 Å². The van der Waals surface area contributed by atoms with Gasteiger partial charge in [-0.05, 0) is 19.7 Å². The van der Waals surface area contributed by atoms with E-state index < -0.39 is 0 Å². The van der Waals surface area contributed by atoms with E-state index in [2.05, 4.69) is 47.0 Å². The van der Waals surface area contributed by atoms with Gasteiger partial charge in [0, 0.05) is 19.6 Å². The minimum absolute atomic E-state index is 0.117. The van der Waals surface area contributed by atoms with Gasteiger partial charge in [0.25, 0.3) is 0 Å². The first-order chi connectivity index (χ1) is 9.00. The summed E-state index contributed by atoms with van der Waals surface area (Å²) in [5.74, 6) is 0. The molecule has 1 aliphatic rings. The Morgan fingerprint density at radius 1 is 1.47 bits per heavy atom. The highest BCUT2D eigenvalue weighted by Crippen LogP contribution is 2.25. The third-order valence-corrected chi connectivity index (χ3v) is 3.70. The van der Waals surface area contributed by atoms with E-state index in [-0.39, 0.29) is 5.31 Å². The lowest BCUT2D eigenvalue weighted by Gasteiger charge is -2.24. The summed E-state index contributed by atoms with van der Waals surface area (Å²) in [4.78, 5) is 2.33. The standard InChI is InChI=1S/C14H25BN4/c1-4-5-14(2,15)11-16-9-12-8-13-10-18(3)6-7-19(13)17-12/h8,16H,4-7,9-11H2,1-3H3. The molecule has 104 valence electrons. The average Bonchev–Trinajstić information content (AvgIpc) is 2.70. The number of hydrogen-bond acceptors (Lipinski definition) is 3. The van der Waals surface area contributed by atoms with Crippen LogP contribution in [0.25, 0.3) is 0 Å². The molecule has 1 aliphatic heterocycles. The van der Waals surface area contributed by atoms with Crippen LogP contribution in [0.4, 0.5) is 0 Å². The third-order valence-electron chi connectivity index (χ3n) is 3.70. The number of aromatic nitrogens is 2. The van der Waals surface area contributed by atoms with E-state index >= 15 is 0 Å². The highest BCUT2D eigenvalue weighted by molar-refractivity contribution is 6.15. The summed E-state index contributed by atoms with van der Waals surface area (Å²) >= 11 is 0. The van der Waals surface area contributed by atoms with Crippen LogP contribution in [-0.2, 0) is 19.6 Å².